The molecule has 1 aromatic rings. The van der Waals surface area contributed by atoms with Crippen molar-refractivity contribution < 1.29 is 19.1 Å². The van der Waals surface area contributed by atoms with Gasteiger partial charge in [-0.2, -0.15) is 0 Å². The molecule has 0 saturated heterocycles. The number of fused-ring (bicyclic) bond motifs is 1. The monoisotopic (exact) mass is 277 g/mol. The first kappa shape index (κ1) is 14.4. The van der Waals surface area contributed by atoms with E-state index in [0.29, 0.717) is 30.3 Å². The molecule has 1 heterocycles. The molecule has 0 aliphatic carbocycles. The van der Waals surface area contributed by atoms with E-state index in [1.54, 1.807) is 18.2 Å². The minimum atomic E-state index is -0.458. The molecular formula is C15H19NO4. The van der Waals surface area contributed by atoms with Crippen molar-refractivity contribution in [2.75, 3.05) is 19.8 Å². The van der Waals surface area contributed by atoms with Gasteiger partial charge in [-0.1, -0.05) is 20.8 Å². The highest BCUT2D eigenvalue weighted by Crippen LogP contribution is 2.30. The van der Waals surface area contributed by atoms with Gasteiger partial charge in [0, 0.05) is 11.0 Å². The number of benzene rings is 1. The summed E-state index contributed by atoms with van der Waals surface area (Å²) >= 11 is 0. The number of ketones is 1. The second-order valence-corrected chi connectivity index (χ2v) is 5.71. The van der Waals surface area contributed by atoms with Crippen LogP contribution in [0.25, 0.3) is 0 Å². The number of rotatable bonds is 3. The van der Waals surface area contributed by atoms with E-state index in [1.807, 2.05) is 20.8 Å². The van der Waals surface area contributed by atoms with E-state index in [1.165, 1.54) is 0 Å². The van der Waals surface area contributed by atoms with Gasteiger partial charge in [-0.25, -0.2) is 0 Å². The van der Waals surface area contributed by atoms with E-state index in [9.17, 15) is 9.59 Å². The molecule has 0 aromatic heterocycles. The summed E-state index contributed by atoms with van der Waals surface area (Å²) in [7, 11) is 0. The molecule has 108 valence electrons. The van der Waals surface area contributed by atoms with Crippen molar-refractivity contribution in [1.29, 1.82) is 0 Å². The highest BCUT2D eigenvalue weighted by atomic mass is 16.6. The van der Waals surface area contributed by atoms with Crippen molar-refractivity contribution >= 4 is 11.7 Å². The third kappa shape index (κ3) is 3.29. The van der Waals surface area contributed by atoms with Gasteiger partial charge in [-0.05, 0) is 18.2 Å². The minimum absolute atomic E-state index is 0.0107. The Morgan fingerprint density at radius 2 is 1.80 bits per heavy atom. The number of ether oxygens (including phenoxy) is 2. The van der Waals surface area contributed by atoms with E-state index in [0.717, 1.165) is 0 Å². The lowest BCUT2D eigenvalue weighted by atomic mass is 9.91. The average Bonchev–Trinajstić information content (AvgIpc) is 2.42. The number of nitrogens with one attached hydrogen (secondary N) is 1. The molecule has 1 aliphatic rings. The van der Waals surface area contributed by atoms with Gasteiger partial charge < -0.3 is 14.8 Å². The Labute approximate surface area is 118 Å². The van der Waals surface area contributed by atoms with Crippen LogP contribution in [0.15, 0.2) is 18.2 Å². The molecule has 5 heteroatoms. The molecule has 2 rings (SSSR count). The van der Waals surface area contributed by atoms with Crippen LogP contribution in [-0.2, 0) is 4.79 Å². The highest BCUT2D eigenvalue weighted by Gasteiger charge is 2.22. The van der Waals surface area contributed by atoms with Crippen molar-refractivity contribution in [3.63, 3.8) is 0 Å². The minimum Gasteiger partial charge on any atom is -0.486 e. The van der Waals surface area contributed by atoms with E-state index in [2.05, 4.69) is 5.32 Å². The standard InChI is InChI=1S/C15H19NO4/c1-15(2,3)13(17)9-16-14(18)10-4-5-11-12(8-10)20-7-6-19-11/h4-5,8H,6-7,9H2,1-3H3,(H,16,18). The first-order chi connectivity index (χ1) is 9.38. The van der Waals surface area contributed by atoms with Crippen molar-refractivity contribution in [2.45, 2.75) is 20.8 Å². The van der Waals surface area contributed by atoms with Crippen LogP contribution in [0.5, 0.6) is 11.5 Å². The van der Waals surface area contributed by atoms with Crippen LogP contribution in [-0.4, -0.2) is 31.4 Å². The van der Waals surface area contributed by atoms with Gasteiger partial charge >= 0.3 is 0 Å². The van der Waals surface area contributed by atoms with E-state index >= 15 is 0 Å². The molecule has 1 amide bonds. The maximum Gasteiger partial charge on any atom is 0.251 e. The normalized spacial score (nSPS) is 13.8. The van der Waals surface area contributed by atoms with Crippen LogP contribution in [0.3, 0.4) is 0 Å². The smallest absolute Gasteiger partial charge is 0.251 e. The molecule has 0 unspecified atom stereocenters. The molecule has 1 aromatic carbocycles. The quantitative estimate of drug-likeness (QED) is 0.915. The Bertz CT molecular complexity index is 531. The Kier molecular flexibility index (Phi) is 3.97. The van der Waals surface area contributed by atoms with Gasteiger partial charge in [0.15, 0.2) is 17.3 Å². The van der Waals surface area contributed by atoms with Gasteiger partial charge in [0.05, 0.1) is 6.54 Å². The van der Waals surface area contributed by atoms with E-state index in [-0.39, 0.29) is 18.2 Å². The lowest BCUT2D eigenvalue weighted by Gasteiger charge is -2.19. The zero-order valence-corrected chi connectivity index (χ0v) is 12.0. The molecule has 0 radical (unpaired) electrons. The van der Waals surface area contributed by atoms with Crippen LogP contribution in [0, 0.1) is 5.41 Å². The number of Topliss-reactive ketones (excluding diaryl/α,β-unsaturated/α-hetero) is 1. The van der Waals surface area contributed by atoms with Gasteiger partial charge in [-0.15, -0.1) is 0 Å². The van der Waals surface area contributed by atoms with Crippen LogP contribution >= 0.6 is 0 Å². The summed E-state index contributed by atoms with van der Waals surface area (Å²) in [6.45, 7) is 6.48. The highest BCUT2D eigenvalue weighted by molar-refractivity contribution is 5.98. The largest absolute Gasteiger partial charge is 0.486 e. The predicted octanol–water partition coefficient (Wildman–Crippen LogP) is 1.80. The molecule has 5 nitrogen and oxygen atoms in total. The van der Waals surface area contributed by atoms with Gasteiger partial charge in [0.25, 0.3) is 5.91 Å². The van der Waals surface area contributed by atoms with Crippen molar-refractivity contribution in [3.05, 3.63) is 23.8 Å². The summed E-state index contributed by atoms with van der Waals surface area (Å²) in [5.74, 6) is 0.896. The van der Waals surface area contributed by atoms with Gasteiger partial charge in [0.2, 0.25) is 0 Å². The summed E-state index contributed by atoms with van der Waals surface area (Å²) in [6.07, 6.45) is 0. The molecule has 20 heavy (non-hydrogen) atoms. The van der Waals surface area contributed by atoms with Crippen molar-refractivity contribution in [2.24, 2.45) is 5.41 Å². The van der Waals surface area contributed by atoms with Crippen molar-refractivity contribution in [3.8, 4) is 11.5 Å². The molecule has 0 bridgehead atoms. The topological polar surface area (TPSA) is 64.6 Å². The summed E-state index contributed by atoms with van der Waals surface area (Å²) in [5.41, 5.74) is -0.00366. The fourth-order valence-corrected chi connectivity index (χ4v) is 1.71. The predicted molar refractivity (Wildman–Crippen MR) is 74.2 cm³/mol. The first-order valence-corrected chi connectivity index (χ1v) is 6.59. The molecule has 0 atom stereocenters. The lowest BCUT2D eigenvalue weighted by Crippen LogP contribution is -2.35. The fourth-order valence-electron chi connectivity index (χ4n) is 1.71. The molecule has 1 N–H and O–H groups in total. The number of carbonyl (C=O) groups is 2. The van der Waals surface area contributed by atoms with Crippen LogP contribution in [0.1, 0.15) is 31.1 Å². The molecule has 1 aliphatic heterocycles. The zero-order valence-electron chi connectivity index (χ0n) is 12.0. The Balaban J connectivity index is 2.01. The molecular weight excluding hydrogens is 258 g/mol. The third-order valence-electron chi connectivity index (χ3n) is 3.05. The number of amides is 1. The van der Waals surface area contributed by atoms with Crippen LogP contribution in [0.4, 0.5) is 0 Å². The summed E-state index contributed by atoms with van der Waals surface area (Å²) in [5, 5.41) is 2.63. The second kappa shape index (κ2) is 5.53. The van der Waals surface area contributed by atoms with E-state index < -0.39 is 5.41 Å². The maximum atomic E-state index is 12.0. The Morgan fingerprint density at radius 3 is 2.45 bits per heavy atom. The van der Waals surface area contributed by atoms with Crippen molar-refractivity contribution in [1.82, 2.24) is 5.32 Å². The lowest BCUT2D eigenvalue weighted by molar-refractivity contribution is -0.125. The third-order valence-corrected chi connectivity index (χ3v) is 3.05. The number of hydrogen-bond acceptors (Lipinski definition) is 4. The Hall–Kier alpha value is -2.04. The first-order valence-electron chi connectivity index (χ1n) is 6.59. The maximum absolute atomic E-state index is 12.0. The number of carbonyl (C=O) groups excluding carboxylic acids is 2. The average molecular weight is 277 g/mol. The Morgan fingerprint density at radius 1 is 1.15 bits per heavy atom. The SMILES string of the molecule is CC(C)(C)C(=O)CNC(=O)c1ccc2c(c1)OCCO2. The molecule has 0 spiro atoms. The van der Waals surface area contributed by atoms with Gasteiger partial charge in [0.1, 0.15) is 13.2 Å². The van der Waals surface area contributed by atoms with Gasteiger partial charge in [-0.3, -0.25) is 9.59 Å². The fraction of sp³-hybridized carbons (Fsp3) is 0.467. The number of hydrogen-bond donors (Lipinski definition) is 1. The second-order valence-electron chi connectivity index (χ2n) is 5.71. The van der Waals surface area contributed by atoms with Crippen LogP contribution < -0.4 is 14.8 Å². The molecule has 0 saturated carbocycles. The summed E-state index contributed by atoms with van der Waals surface area (Å²) in [4.78, 5) is 23.8. The van der Waals surface area contributed by atoms with E-state index in [4.69, 9.17) is 9.47 Å². The summed E-state index contributed by atoms with van der Waals surface area (Å²) < 4.78 is 10.8. The molecule has 0 fully saturated rings. The summed E-state index contributed by atoms with van der Waals surface area (Å²) in [6, 6.07) is 4.99. The van der Waals surface area contributed by atoms with Crippen LogP contribution in [0.2, 0.25) is 0 Å². The zero-order chi connectivity index (χ0) is 14.8.